The maximum absolute atomic E-state index is 12.7. The molecule has 156 valence electrons. The number of rotatable bonds is 8. The predicted molar refractivity (Wildman–Crippen MR) is 115 cm³/mol. The zero-order valence-electron chi connectivity index (χ0n) is 16.6. The first kappa shape index (κ1) is 22.7. The third kappa shape index (κ3) is 5.48. The van der Waals surface area contributed by atoms with E-state index in [1.807, 2.05) is 6.92 Å². The molecule has 0 atom stereocenters. The van der Waals surface area contributed by atoms with Crippen LogP contribution in [-0.2, 0) is 4.74 Å². The van der Waals surface area contributed by atoms with E-state index < -0.39 is 17.4 Å². The number of esters is 1. The van der Waals surface area contributed by atoms with Crippen LogP contribution in [0.3, 0.4) is 0 Å². The standard InChI is InChI=1S/C19H23N3O5S2/c1-5-6-7-12(23)13-10(4)14(18(26)27-9(2)3)29-17(13)20-8-11-15(24)21-19(28)22-16(11)25/h8-9H,5-7H2,1-4H3,(H3,21,22,24,25,28). The smallest absolute Gasteiger partial charge is 0.348 e. The molecule has 0 amide bonds. The second-order valence-corrected chi connectivity index (χ2v) is 8.05. The number of ether oxygens (including phenoxy) is 1. The maximum atomic E-state index is 12.7. The highest BCUT2D eigenvalue weighted by Gasteiger charge is 2.25. The summed E-state index contributed by atoms with van der Waals surface area (Å²) in [6, 6.07) is 0. The second kappa shape index (κ2) is 9.75. The summed E-state index contributed by atoms with van der Waals surface area (Å²) in [5, 5.41) is 10.2. The number of unbranched alkanes of at least 4 members (excludes halogenated alkanes) is 1. The molecule has 0 aliphatic heterocycles. The Balaban J connectivity index is 2.54. The van der Waals surface area contributed by atoms with Crippen LogP contribution in [0.15, 0.2) is 9.79 Å². The van der Waals surface area contributed by atoms with Crippen LogP contribution in [0.2, 0.25) is 0 Å². The lowest BCUT2D eigenvalue weighted by Gasteiger charge is -2.07. The number of carbonyl (C=O) groups is 2. The van der Waals surface area contributed by atoms with E-state index in [4.69, 9.17) is 17.0 Å². The Labute approximate surface area is 176 Å². The predicted octanol–water partition coefficient (Wildman–Crippen LogP) is 4.20. The van der Waals surface area contributed by atoms with Crippen molar-refractivity contribution in [3.8, 4) is 5.88 Å². The van der Waals surface area contributed by atoms with Crippen LogP contribution in [0, 0.1) is 11.7 Å². The Kier molecular flexibility index (Phi) is 7.63. The van der Waals surface area contributed by atoms with E-state index in [2.05, 4.69) is 15.0 Å². The summed E-state index contributed by atoms with van der Waals surface area (Å²) >= 11 is 5.81. The van der Waals surface area contributed by atoms with Crippen molar-refractivity contribution in [3.05, 3.63) is 36.7 Å². The molecule has 0 aliphatic carbocycles. The van der Waals surface area contributed by atoms with Crippen molar-refractivity contribution in [2.75, 3.05) is 0 Å². The summed E-state index contributed by atoms with van der Waals surface area (Å²) in [6.45, 7) is 7.13. The van der Waals surface area contributed by atoms with E-state index in [0.717, 1.165) is 24.0 Å². The Hall–Kier alpha value is -2.59. The van der Waals surface area contributed by atoms with Gasteiger partial charge >= 0.3 is 5.97 Å². The molecular formula is C19H23N3O5S2. The van der Waals surface area contributed by atoms with E-state index >= 15 is 0 Å². The average molecular weight is 438 g/mol. The average Bonchev–Trinajstić information content (AvgIpc) is 2.94. The number of Topliss-reactive ketones (excluding diaryl/α,β-unsaturated/α-hetero) is 1. The van der Waals surface area contributed by atoms with Crippen LogP contribution in [0.1, 0.15) is 71.2 Å². The van der Waals surface area contributed by atoms with Gasteiger partial charge < -0.3 is 14.8 Å². The van der Waals surface area contributed by atoms with E-state index in [1.165, 1.54) is 0 Å². The van der Waals surface area contributed by atoms with Crippen molar-refractivity contribution in [1.29, 1.82) is 0 Å². The van der Waals surface area contributed by atoms with Crippen LogP contribution >= 0.6 is 23.6 Å². The maximum Gasteiger partial charge on any atom is 0.348 e. The number of hydrogen-bond acceptors (Lipinski definition) is 8. The highest BCUT2D eigenvalue weighted by atomic mass is 32.1. The summed E-state index contributed by atoms with van der Waals surface area (Å²) in [5.74, 6) is -1.10. The molecule has 0 bridgehead atoms. The monoisotopic (exact) mass is 437 g/mol. The first-order valence-electron chi connectivity index (χ1n) is 9.12. The Morgan fingerprint density at radius 2 is 2.03 bits per heavy atom. The molecule has 0 saturated carbocycles. The van der Waals surface area contributed by atoms with Gasteiger partial charge in [-0.25, -0.2) is 9.79 Å². The number of aliphatic imine (C=N–C) groups is 1. The molecule has 2 aromatic heterocycles. The van der Waals surface area contributed by atoms with Crippen LogP contribution < -0.4 is 5.56 Å². The van der Waals surface area contributed by atoms with Crippen molar-refractivity contribution in [3.63, 3.8) is 0 Å². The number of nitrogens with one attached hydrogen (secondary N) is 2. The van der Waals surface area contributed by atoms with Gasteiger partial charge in [-0.2, -0.15) is 0 Å². The number of hydrogen-bond donors (Lipinski definition) is 3. The fraction of sp³-hybridized carbons (Fsp3) is 0.421. The molecule has 10 heteroatoms. The second-order valence-electron chi connectivity index (χ2n) is 6.65. The van der Waals surface area contributed by atoms with Crippen molar-refractivity contribution in [2.24, 2.45) is 4.99 Å². The third-order valence-corrected chi connectivity index (χ3v) is 5.35. The molecule has 2 rings (SSSR count). The molecule has 0 spiro atoms. The minimum absolute atomic E-state index is 0.0224. The van der Waals surface area contributed by atoms with Crippen molar-refractivity contribution in [2.45, 2.75) is 53.1 Å². The minimum atomic E-state index is -0.624. The molecular weight excluding hydrogens is 414 g/mol. The molecule has 29 heavy (non-hydrogen) atoms. The van der Waals surface area contributed by atoms with Gasteiger partial charge in [0.25, 0.3) is 5.56 Å². The SMILES string of the molecule is CCCCC(=O)c1c(N=Cc2c(O)[nH]c(=S)[nH]c2=O)sc(C(=O)OC(C)C)c1C. The molecule has 0 saturated heterocycles. The first-order valence-corrected chi connectivity index (χ1v) is 10.3. The first-order chi connectivity index (χ1) is 13.6. The Morgan fingerprint density at radius 3 is 2.62 bits per heavy atom. The molecule has 2 heterocycles. The van der Waals surface area contributed by atoms with Crippen molar-refractivity contribution >= 4 is 46.5 Å². The lowest BCUT2D eigenvalue weighted by atomic mass is 10.0. The molecule has 0 radical (unpaired) electrons. The lowest BCUT2D eigenvalue weighted by molar-refractivity contribution is 0.0383. The highest BCUT2D eigenvalue weighted by Crippen LogP contribution is 2.37. The summed E-state index contributed by atoms with van der Waals surface area (Å²) in [7, 11) is 0. The Morgan fingerprint density at radius 1 is 1.34 bits per heavy atom. The van der Waals surface area contributed by atoms with Gasteiger partial charge in [-0.05, 0) is 45.0 Å². The van der Waals surface area contributed by atoms with Crippen LogP contribution in [0.25, 0.3) is 0 Å². The van der Waals surface area contributed by atoms with Crippen molar-refractivity contribution < 1.29 is 19.4 Å². The number of aromatic amines is 2. The number of aromatic hydroxyl groups is 1. The molecule has 0 unspecified atom stereocenters. The number of H-pyrrole nitrogens is 2. The molecule has 0 aromatic carbocycles. The molecule has 0 aliphatic rings. The number of carbonyl (C=O) groups excluding carboxylic acids is 2. The van der Waals surface area contributed by atoms with Crippen molar-refractivity contribution in [1.82, 2.24) is 9.97 Å². The third-order valence-electron chi connectivity index (χ3n) is 3.96. The largest absolute Gasteiger partial charge is 0.494 e. The van der Waals surface area contributed by atoms with Gasteiger partial charge in [0.05, 0.1) is 11.7 Å². The van der Waals surface area contributed by atoms with Crippen LogP contribution in [0.4, 0.5) is 5.00 Å². The number of aromatic nitrogens is 2. The van der Waals surface area contributed by atoms with Crippen LogP contribution in [-0.4, -0.2) is 39.1 Å². The van der Waals surface area contributed by atoms with Gasteiger partial charge in [0, 0.05) is 12.6 Å². The zero-order chi connectivity index (χ0) is 21.7. The molecule has 0 fully saturated rings. The number of nitrogens with zero attached hydrogens (tertiary/aromatic N) is 1. The van der Waals surface area contributed by atoms with E-state index in [1.54, 1.807) is 20.8 Å². The summed E-state index contributed by atoms with van der Waals surface area (Å²) in [4.78, 5) is 46.5. The van der Waals surface area contributed by atoms with Gasteiger partial charge in [-0.3, -0.25) is 14.6 Å². The number of ketones is 1. The summed E-state index contributed by atoms with van der Waals surface area (Å²) < 4.78 is 5.23. The lowest BCUT2D eigenvalue weighted by Crippen LogP contribution is -2.13. The fourth-order valence-corrected chi connectivity index (χ4v) is 3.81. The quantitative estimate of drug-likeness (QED) is 0.246. The van der Waals surface area contributed by atoms with Gasteiger partial charge in [0.15, 0.2) is 10.6 Å². The van der Waals surface area contributed by atoms with E-state index in [-0.39, 0.29) is 32.1 Å². The normalized spacial score (nSPS) is 11.3. The Bertz CT molecular complexity index is 1060. The molecule has 3 N–H and O–H groups in total. The highest BCUT2D eigenvalue weighted by molar-refractivity contribution is 7.71. The van der Waals surface area contributed by atoms with E-state index in [0.29, 0.717) is 24.0 Å². The van der Waals surface area contributed by atoms with E-state index in [9.17, 15) is 19.5 Å². The van der Waals surface area contributed by atoms with Gasteiger partial charge in [0.2, 0.25) is 5.88 Å². The fourth-order valence-electron chi connectivity index (χ4n) is 2.57. The zero-order valence-corrected chi connectivity index (χ0v) is 18.3. The van der Waals surface area contributed by atoms with Gasteiger partial charge in [0.1, 0.15) is 15.4 Å². The molecule has 8 nitrogen and oxygen atoms in total. The van der Waals surface area contributed by atoms with Gasteiger partial charge in [-0.15, -0.1) is 11.3 Å². The van der Waals surface area contributed by atoms with Crippen LogP contribution in [0.5, 0.6) is 5.88 Å². The topological polar surface area (TPSA) is 125 Å². The summed E-state index contributed by atoms with van der Waals surface area (Å²) in [5.41, 5.74) is 0.0687. The summed E-state index contributed by atoms with van der Waals surface area (Å²) in [6.07, 6.45) is 2.71. The molecule has 2 aromatic rings. The number of thiophene rings is 1. The van der Waals surface area contributed by atoms with Gasteiger partial charge in [-0.1, -0.05) is 13.3 Å². The minimum Gasteiger partial charge on any atom is -0.494 e.